The first kappa shape index (κ1) is 9.96. The Balaban J connectivity index is 2.18. The SMILES string of the molecule is CCN(CC)CC1C[N]COC1. The van der Waals surface area contributed by atoms with Gasteiger partial charge in [-0.05, 0) is 13.1 Å². The zero-order valence-corrected chi connectivity index (χ0v) is 8.12. The van der Waals surface area contributed by atoms with E-state index in [2.05, 4.69) is 24.1 Å². The summed E-state index contributed by atoms with van der Waals surface area (Å²) in [6.07, 6.45) is 0. The molecule has 1 fully saturated rings. The molecule has 0 spiro atoms. The molecule has 1 unspecified atom stereocenters. The van der Waals surface area contributed by atoms with Crippen LogP contribution in [-0.2, 0) is 4.74 Å². The lowest BCUT2D eigenvalue weighted by Gasteiger charge is -2.27. The van der Waals surface area contributed by atoms with E-state index < -0.39 is 0 Å². The van der Waals surface area contributed by atoms with Crippen LogP contribution in [0.1, 0.15) is 13.8 Å². The van der Waals surface area contributed by atoms with Crippen molar-refractivity contribution in [3.8, 4) is 0 Å². The van der Waals surface area contributed by atoms with Crippen LogP contribution in [0.15, 0.2) is 0 Å². The maximum absolute atomic E-state index is 5.28. The van der Waals surface area contributed by atoms with Crippen LogP contribution in [0.3, 0.4) is 0 Å². The monoisotopic (exact) mass is 171 g/mol. The third kappa shape index (κ3) is 3.09. The average molecular weight is 171 g/mol. The minimum absolute atomic E-state index is 0.606. The second-order valence-electron chi connectivity index (χ2n) is 3.26. The van der Waals surface area contributed by atoms with Crippen molar-refractivity contribution in [2.45, 2.75) is 13.8 Å². The van der Waals surface area contributed by atoms with Crippen molar-refractivity contribution >= 4 is 0 Å². The summed E-state index contributed by atoms with van der Waals surface area (Å²) in [7, 11) is 0. The lowest BCUT2D eigenvalue weighted by atomic mass is 10.1. The molecule has 0 N–H and O–H groups in total. The molecule has 12 heavy (non-hydrogen) atoms. The van der Waals surface area contributed by atoms with Crippen molar-refractivity contribution in [1.82, 2.24) is 10.2 Å². The Morgan fingerprint density at radius 2 is 2.17 bits per heavy atom. The van der Waals surface area contributed by atoms with Crippen LogP contribution in [0.2, 0.25) is 0 Å². The maximum Gasteiger partial charge on any atom is 0.112 e. The Labute approximate surface area is 75.1 Å². The molecular formula is C9H19N2O. The fourth-order valence-corrected chi connectivity index (χ4v) is 1.53. The van der Waals surface area contributed by atoms with Gasteiger partial charge in [0.2, 0.25) is 0 Å². The summed E-state index contributed by atoms with van der Waals surface area (Å²) in [6, 6.07) is 0. The molecule has 1 aliphatic rings. The molecule has 3 nitrogen and oxygen atoms in total. The van der Waals surface area contributed by atoms with E-state index in [9.17, 15) is 0 Å². The van der Waals surface area contributed by atoms with E-state index >= 15 is 0 Å². The number of hydrogen-bond donors (Lipinski definition) is 0. The van der Waals surface area contributed by atoms with Crippen molar-refractivity contribution in [3.63, 3.8) is 0 Å². The van der Waals surface area contributed by atoms with E-state index in [0.29, 0.717) is 12.6 Å². The normalized spacial score (nSPS) is 24.8. The van der Waals surface area contributed by atoms with E-state index in [1.165, 1.54) is 0 Å². The largest absolute Gasteiger partial charge is 0.364 e. The van der Waals surface area contributed by atoms with Crippen LogP contribution in [-0.4, -0.2) is 44.4 Å². The molecule has 1 aliphatic heterocycles. The predicted octanol–water partition coefficient (Wildman–Crippen LogP) is 0.536. The molecule has 1 radical (unpaired) electrons. The Kier molecular flexibility index (Phi) is 4.58. The Bertz CT molecular complexity index is 109. The summed E-state index contributed by atoms with van der Waals surface area (Å²) in [5, 5.41) is 4.23. The Morgan fingerprint density at radius 1 is 1.42 bits per heavy atom. The number of hydrogen-bond acceptors (Lipinski definition) is 2. The van der Waals surface area contributed by atoms with Crippen LogP contribution in [0.25, 0.3) is 0 Å². The molecule has 1 heterocycles. The van der Waals surface area contributed by atoms with E-state index in [4.69, 9.17) is 4.74 Å². The summed E-state index contributed by atoms with van der Waals surface area (Å²) >= 11 is 0. The summed E-state index contributed by atoms with van der Waals surface area (Å²) in [4.78, 5) is 2.43. The zero-order valence-electron chi connectivity index (χ0n) is 8.12. The van der Waals surface area contributed by atoms with E-state index in [1.807, 2.05) is 0 Å². The summed E-state index contributed by atoms with van der Waals surface area (Å²) < 4.78 is 5.28. The van der Waals surface area contributed by atoms with Gasteiger partial charge in [-0.3, -0.25) is 0 Å². The van der Waals surface area contributed by atoms with E-state index in [0.717, 1.165) is 32.8 Å². The molecular weight excluding hydrogens is 152 g/mol. The molecule has 71 valence electrons. The van der Waals surface area contributed by atoms with Gasteiger partial charge < -0.3 is 9.64 Å². The van der Waals surface area contributed by atoms with Crippen molar-refractivity contribution in [1.29, 1.82) is 0 Å². The average Bonchev–Trinajstić information content (AvgIpc) is 2.16. The van der Waals surface area contributed by atoms with Gasteiger partial charge in [0, 0.05) is 19.0 Å². The third-order valence-electron chi connectivity index (χ3n) is 2.33. The van der Waals surface area contributed by atoms with Gasteiger partial charge in [-0.15, -0.1) is 0 Å². The molecule has 0 amide bonds. The third-order valence-corrected chi connectivity index (χ3v) is 2.33. The van der Waals surface area contributed by atoms with Gasteiger partial charge in [-0.25, -0.2) is 5.32 Å². The number of rotatable bonds is 4. The van der Waals surface area contributed by atoms with Gasteiger partial charge in [-0.2, -0.15) is 0 Å². The molecule has 0 aromatic carbocycles. The van der Waals surface area contributed by atoms with Gasteiger partial charge in [0.25, 0.3) is 0 Å². The topological polar surface area (TPSA) is 26.6 Å². The number of ether oxygens (including phenoxy) is 1. The smallest absolute Gasteiger partial charge is 0.112 e. The highest BCUT2D eigenvalue weighted by Crippen LogP contribution is 2.04. The first-order chi connectivity index (χ1) is 5.86. The van der Waals surface area contributed by atoms with E-state index in [-0.39, 0.29) is 0 Å². The molecule has 1 saturated heterocycles. The van der Waals surface area contributed by atoms with Crippen LogP contribution in [0.5, 0.6) is 0 Å². The molecule has 1 rings (SSSR count). The summed E-state index contributed by atoms with van der Waals surface area (Å²) in [5.41, 5.74) is 0. The Hall–Kier alpha value is -0.120. The van der Waals surface area contributed by atoms with Crippen LogP contribution >= 0.6 is 0 Å². The van der Waals surface area contributed by atoms with Gasteiger partial charge in [0.05, 0.1) is 6.61 Å². The van der Waals surface area contributed by atoms with Crippen LogP contribution in [0, 0.1) is 5.92 Å². The highest BCUT2D eigenvalue weighted by molar-refractivity contribution is 4.68. The van der Waals surface area contributed by atoms with Crippen molar-refractivity contribution < 1.29 is 4.74 Å². The second kappa shape index (κ2) is 5.51. The minimum Gasteiger partial charge on any atom is -0.364 e. The zero-order chi connectivity index (χ0) is 8.81. The lowest BCUT2D eigenvalue weighted by Crippen LogP contribution is -2.39. The Morgan fingerprint density at radius 3 is 2.67 bits per heavy atom. The molecule has 0 aliphatic carbocycles. The highest BCUT2D eigenvalue weighted by atomic mass is 16.5. The number of nitrogens with zero attached hydrogens (tertiary/aromatic N) is 2. The van der Waals surface area contributed by atoms with Gasteiger partial charge in [-0.1, -0.05) is 13.8 Å². The molecule has 0 aromatic rings. The maximum atomic E-state index is 5.28. The van der Waals surface area contributed by atoms with Crippen molar-refractivity contribution in [2.24, 2.45) is 5.92 Å². The van der Waals surface area contributed by atoms with Crippen LogP contribution < -0.4 is 5.32 Å². The standard InChI is InChI=1S/C9H19N2O/c1-3-11(4-2)6-9-5-10-8-12-7-9/h9H,3-8H2,1-2H3. The molecule has 1 atom stereocenters. The summed E-state index contributed by atoms with van der Waals surface area (Å²) in [6.45, 7) is 10.3. The fraction of sp³-hybridized carbons (Fsp3) is 1.00. The van der Waals surface area contributed by atoms with Gasteiger partial charge in [0.15, 0.2) is 0 Å². The second-order valence-corrected chi connectivity index (χ2v) is 3.26. The predicted molar refractivity (Wildman–Crippen MR) is 49.1 cm³/mol. The first-order valence-corrected chi connectivity index (χ1v) is 4.80. The molecule has 3 heteroatoms. The van der Waals surface area contributed by atoms with Crippen LogP contribution in [0.4, 0.5) is 0 Å². The fourth-order valence-electron chi connectivity index (χ4n) is 1.53. The molecule has 0 aromatic heterocycles. The lowest BCUT2D eigenvalue weighted by molar-refractivity contribution is 0.0302. The van der Waals surface area contributed by atoms with E-state index in [1.54, 1.807) is 0 Å². The quantitative estimate of drug-likeness (QED) is 0.617. The highest BCUT2D eigenvalue weighted by Gasteiger charge is 2.16. The van der Waals surface area contributed by atoms with Crippen molar-refractivity contribution in [3.05, 3.63) is 0 Å². The first-order valence-electron chi connectivity index (χ1n) is 4.80. The minimum atomic E-state index is 0.606. The van der Waals surface area contributed by atoms with Gasteiger partial charge >= 0.3 is 0 Å². The molecule has 0 bridgehead atoms. The molecule has 0 saturated carbocycles. The summed E-state index contributed by atoms with van der Waals surface area (Å²) in [5.74, 6) is 0.624. The van der Waals surface area contributed by atoms with Gasteiger partial charge in [0.1, 0.15) is 6.73 Å². The van der Waals surface area contributed by atoms with Crippen molar-refractivity contribution in [2.75, 3.05) is 39.5 Å².